The van der Waals surface area contributed by atoms with E-state index in [1.54, 1.807) is 31.4 Å². The maximum Gasteiger partial charge on any atom is 0.353 e. The second kappa shape index (κ2) is 7.62. The van der Waals surface area contributed by atoms with Crippen LogP contribution in [-0.2, 0) is 4.74 Å². The van der Waals surface area contributed by atoms with Crippen LogP contribution in [0, 0.1) is 10.1 Å². The number of anilines is 4. The number of nitrogens with zero attached hydrogens (tertiary/aromatic N) is 4. The van der Waals surface area contributed by atoms with Crippen molar-refractivity contribution in [2.45, 2.75) is 26.1 Å². The van der Waals surface area contributed by atoms with Crippen molar-refractivity contribution in [3.63, 3.8) is 0 Å². The number of hydrogen-bond acceptors (Lipinski definition) is 9. The van der Waals surface area contributed by atoms with Crippen LogP contribution in [-0.4, -0.2) is 47.3 Å². The van der Waals surface area contributed by atoms with E-state index in [-0.39, 0.29) is 29.5 Å². The van der Waals surface area contributed by atoms with Crippen LogP contribution in [0.1, 0.15) is 13.8 Å². The maximum atomic E-state index is 11.5. The Labute approximate surface area is 156 Å². The number of nitrogen functional groups attached to an aromatic ring is 1. The molecule has 10 nitrogen and oxygen atoms in total. The highest BCUT2D eigenvalue weighted by Crippen LogP contribution is 2.33. The van der Waals surface area contributed by atoms with E-state index >= 15 is 0 Å². The molecule has 0 bridgehead atoms. The number of benzene rings is 1. The predicted octanol–water partition coefficient (Wildman–Crippen LogP) is 2.33. The molecule has 2 atom stereocenters. The average molecular weight is 374 g/mol. The molecule has 27 heavy (non-hydrogen) atoms. The van der Waals surface area contributed by atoms with Crippen molar-refractivity contribution in [1.29, 1.82) is 0 Å². The largest absolute Gasteiger partial charge is 0.497 e. The molecule has 1 aromatic heterocycles. The predicted molar refractivity (Wildman–Crippen MR) is 102 cm³/mol. The van der Waals surface area contributed by atoms with Gasteiger partial charge in [0.25, 0.3) is 0 Å². The van der Waals surface area contributed by atoms with E-state index in [1.807, 2.05) is 18.7 Å². The third-order valence-electron chi connectivity index (χ3n) is 4.14. The summed E-state index contributed by atoms with van der Waals surface area (Å²) >= 11 is 0. The Bertz CT molecular complexity index is 819. The van der Waals surface area contributed by atoms with Crippen LogP contribution < -0.4 is 20.7 Å². The highest BCUT2D eigenvalue weighted by Gasteiger charge is 2.29. The van der Waals surface area contributed by atoms with Crippen LogP contribution in [0.3, 0.4) is 0 Å². The molecule has 0 spiro atoms. The van der Waals surface area contributed by atoms with E-state index in [1.165, 1.54) is 0 Å². The van der Waals surface area contributed by atoms with Crippen LogP contribution in [0.15, 0.2) is 24.3 Å². The molecule has 0 aliphatic carbocycles. The molecule has 1 aliphatic rings. The van der Waals surface area contributed by atoms with Crippen molar-refractivity contribution in [3.8, 4) is 5.75 Å². The molecule has 0 amide bonds. The van der Waals surface area contributed by atoms with Gasteiger partial charge in [-0.25, -0.2) is 0 Å². The fraction of sp³-hybridized carbons (Fsp3) is 0.412. The Morgan fingerprint density at radius 1 is 1.26 bits per heavy atom. The number of nitrogens with two attached hydrogens (primary N) is 1. The van der Waals surface area contributed by atoms with Crippen molar-refractivity contribution in [1.82, 2.24) is 9.97 Å². The molecule has 1 fully saturated rings. The van der Waals surface area contributed by atoms with E-state index in [9.17, 15) is 10.1 Å². The summed E-state index contributed by atoms with van der Waals surface area (Å²) in [4.78, 5) is 21.3. The minimum absolute atomic E-state index is 0.00763. The highest BCUT2D eigenvalue weighted by molar-refractivity contribution is 5.74. The number of nitrogens with one attached hydrogen (secondary N) is 1. The van der Waals surface area contributed by atoms with Crippen molar-refractivity contribution >= 4 is 29.0 Å². The van der Waals surface area contributed by atoms with Crippen LogP contribution in [0.4, 0.5) is 29.0 Å². The minimum atomic E-state index is -0.588. The number of rotatable bonds is 5. The molecule has 1 aliphatic heterocycles. The summed E-state index contributed by atoms with van der Waals surface area (Å²) < 4.78 is 10.8. The van der Waals surface area contributed by atoms with E-state index in [0.717, 1.165) is 0 Å². The van der Waals surface area contributed by atoms with Gasteiger partial charge in [0.15, 0.2) is 0 Å². The zero-order valence-corrected chi connectivity index (χ0v) is 15.4. The normalized spacial score (nSPS) is 19.6. The van der Waals surface area contributed by atoms with Crippen molar-refractivity contribution in [2.24, 2.45) is 0 Å². The van der Waals surface area contributed by atoms with Crippen molar-refractivity contribution in [2.75, 3.05) is 36.1 Å². The smallest absolute Gasteiger partial charge is 0.353 e. The molecule has 0 radical (unpaired) electrons. The van der Waals surface area contributed by atoms with Crippen LogP contribution in [0.5, 0.6) is 5.75 Å². The first kappa shape index (κ1) is 18.6. The Hall–Kier alpha value is -3.14. The van der Waals surface area contributed by atoms with E-state index in [0.29, 0.717) is 30.5 Å². The first-order valence-corrected chi connectivity index (χ1v) is 8.50. The van der Waals surface area contributed by atoms with Gasteiger partial charge >= 0.3 is 5.69 Å². The molecular weight excluding hydrogens is 352 g/mol. The molecule has 2 heterocycles. The maximum absolute atomic E-state index is 11.5. The SMILES string of the molecule is COc1ccc(Nc2nc(N3C[C@@H](C)O[C@@H](C)C3)nc(N)c2[N+](=O)[O-])cc1. The summed E-state index contributed by atoms with van der Waals surface area (Å²) in [5.74, 6) is 0.859. The topological polar surface area (TPSA) is 129 Å². The molecule has 3 rings (SSSR count). The summed E-state index contributed by atoms with van der Waals surface area (Å²) in [6.07, 6.45) is -0.0153. The lowest BCUT2D eigenvalue weighted by Crippen LogP contribution is -2.46. The van der Waals surface area contributed by atoms with Gasteiger partial charge in [-0.05, 0) is 38.1 Å². The van der Waals surface area contributed by atoms with Gasteiger partial charge in [-0.15, -0.1) is 0 Å². The van der Waals surface area contributed by atoms with E-state index in [2.05, 4.69) is 15.3 Å². The van der Waals surface area contributed by atoms with Crippen LogP contribution in [0.2, 0.25) is 0 Å². The van der Waals surface area contributed by atoms with E-state index < -0.39 is 4.92 Å². The van der Waals surface area contributed by atoms with E-state index in [4.69, 9.17) is 15.2 Å². The minimum Gasteiger partial charge on any atom is -0.497 e. The molecule has 3 N–H and O–H groups in total. The molecule has 0 saturated carbocycles. The first-order valence-electron chi connectivity index (χ1n) is 8.50. The van der Waals surface area contributed by atoms with Gasteiger partial charge in [0.2, 0.25) is 17.6 Å². The molecule has 1 aromatic carbocycles. The molecule has 0 unspecified atom stereocenters. The number of nitro groups is 1. The third kappa shape index (κ3) is 4.17. The van der Waals surface area contributed by atoms with Crippen LogP contribution in [0.25, 0.3) is 0 Å². The number of aromatic nitrogens is 2. The van der Waals surface area contributed by atoms with Crippen molar-refractivity contribution < 1.29 is 14.4 Å². The van der Waals surface area contributed by atoms with Crippen molar-refractivity contribution in [3.05, 3.63) is 34.4 Å². The number of hydrogen-bond donors (Lipinski definition) is 2. The molecule has 1 saturated heterocycles. The molecule has 144 valence electrons. The summed E-state index contributed by atoms with van der Waals surface area (Å²) in [5, 5.41) is 14.4. The van der Waals surface area contributed by atoms with Gasteiger partial charge in [0, 0.05) is 18.8 Å². The Morgan fingerprint density at radius 3 is 2.44 bits per heavy atom. The molecule has 2 aromatic rings. The Morgan fingerprint density at radius 2 is 1.89 bits per heavy atom. The number of morpholine rings is 1. The molecular formula is C17H22N6O4. The second-order valence-electron chi connectivity index (χ2n) is 6.38. The standard InChI is InChI=1S/C17H22N6O4/c1-10-8-22(9-11(2)27-10)17-20-15(18)14(23(24)25)16(21-17)19-12-4-6-13(26-3)7-5-12/h4-7,10-11H,8-9H2,1-3H3,(H3,18,19,20,21)/t10-,11+. The fourth-order valence-corrected chi connectivity index (χ4v) is 3.02. The summed E-state index contributed by atoms with van der Waals surface area (Å²) in [5.41, 5.74) is 6.15. The van der Waals surface area contributed by atoms with Gasteiger partial charge < -0.3 is 25.4 Å². The number of methoxy groups -OCH3 is 1. The summed E-state index contributed by atoms with van der Waals surface area (Å²) in [6, 6.07) is 6.95. The lowest BCUT2D eigenvalue weighted by atomic mass is 10.2. The summed E-state index contributed by atoms with van der Waals surface area (Å²) in [7, 11) is 1.56. The lowest BCUT2D eigenvalue weighted by molar-refractivity contribution is -0.383. The van der Waals surface area contributed by atoms with Crippen LogP contribution >= 0.6 is 0 Å². The van der Waals surface area contributed by atoms with Gasteiger partial charge in [0.1, 0.15) is 5.75 Å². The second-order valence-corrected chi connectivity index (χ2v) is 6.38. The monoisotopic (exact) mass is 374 g/mol. The third-order valence-corrected chi connectivity index (χ3v) is 4.14. The fourth-order valence-electron chi connectivity index (χ4n) is 3.02. The number of ether oxygens (including phenoxy) is 2. The zero-order chi connectivity index (χ0) is 19.6. The molecule has 10 heteroatoms. The Kier molecular flexibility index (Phi) is 5.26. The first-order chi connectivity index (χ1) is 12.9. The van der Waals surface area contributed by atoms with Gasteiger partial charge in [-0.1, -0.05) is 0 Å². The average Bonchev–Trinajstić information content (AvgIpc) is 2.60. The van der Waals surface area contributed by atoms with Gasteiger partial charge in [-0.2, -0.15) is 9.97 Å². The van der Waals surface area contributed by atoms with Gasteiger partial charge in [-0.3, -0.25) is 10.1 Å². The van der Waals surface area contributed by atoms with Gasteiger partial charge in [0.05, 0.1) is 24.2 Å². The zero-order valence-electron chi connectivity index (χ0n) is 15.4. The highest BCUT2D eigenvalue weighted by atomic mass is 16.6. The Balaban J connectivity index is 1.96. The quantitative estimate of drug-likeness (QED) is 0.598. The lowest BCUT2D eigenvalue weighted by Gasteiger charge is -2.35. The summed E-state index contributed by atoms with van der Waals surface area (Å²) in [6.45, 7) is 5.05.